The molecule has 2 amide bonds. The zero-order chi connectivity index (χ0) is 21.5. The second-order valence-corrected chi connectivity index (χ2v) is 7.89. The molecule has 0 aliphatic rings. The van der Waals surface area contributed by atoms with Gasteiger partial charge in [-0.3, -0.25) is 9.59 Å². The van der Waals surface area contributed by atoms with Gasteiger partial charge in [0, 0.05) is 11.9 Å². The first-order valence-corrected chi connectivity index (χ1v) is 10.9. The summed E-state index contributed by atoms with van der Waals surface area (Å²) in [6, 6.07) is 28.5. The number of nitrogens with one attached hydrogen (secondary N) is 2. The van der Waals surface area contributed by atoms with Gasteiger partial charge in [0.2, 0.25) is 5.91 Å². The van der Waals surface area contributed by atoms with Gasteiger partial charge in [-0.15, -0.1) is 0 Å². The summed E-state index contributed by atoms with van der Waals surface area (Å²) in [6.45, 7) is 0.422. The average molecular weight is 428 g/mol. The van der Waals surface area contributed by atoms with Crippen LogP contribution in [0.1, 0.15) is 15.9 Å². The molecule has 1 aromatic heterocycles. The van der Waals surface area contributed by atoms with Crippen LogP contribution in [0.4, 0.5) is 5.69 Å². The highest BCUT2D eigenvalue weighted by Crippen LogP contribution is 2.21. The predicted molar refractivity (Wildman–Crippen MR) is 125 cm³/mol. The lowest BCUT2D eigenvalue weighted by Crippen LogP contribution is -2.25. The Bertz CT molecular complexity index is 1210. The van der Waals surface area contributed by atoms with E-state index in [-0.39, 0.29) is 17.6 Å². The number of carbonyl (C=O) groups excluding carboxylic acids is 2. The normalized spacial score (nSPS) is 10.6. The maximum atomic E-state index is 12.6. The van der Waals surface area contributed by atoms with Crippen molar-refractivity contribution in [1.82, 2.24) is 10.3 Å². The van der Waals surface area contributed by atoms with Crippen LogP contribution in [0.5, 0.6) is 0 Å². The van der Waals surface area contributed by atoms with E-state index in [9.17, 15) is 9.59 Å². The Labute approximate surface area is 184 Å². The third-order valence-electron chi connectivity index (χ3n) is 4.67. The molecule has 0 fully saturated rings. The van der Waals surface area contributed by atoms with E-state index >= 15 is 0 Å². The maximum absolute atomic E-state index is 12.6. The molecule has 0 radical (unpaired) electrons. The molecule has 4 rings (SSSR count). The highest BCUT2D eigenvalue weighted by molar-refractivity contribution is 7.99. The molecule has 1 heterocycles. The van der Waals surface area contributed by atoms with Crippen LogP contribution in [0.3, 0.4) is 0 Å². The number of hydrogen-bond acceptors (Lipinski definition) is 4. The van der Waals surface area contributed by atoms with Crippen LogP contribution < -0.4 is 10.6 Å². The van der Waals surface area contributed by atoms with Crippen LogP contribution in [-0.4, -0.2) is 22.6 Å². The van der Waals surface area contributed by atoms with Crippen LogP contribution >= 0.6 is 11.8 Å². The number of rotatable bonds is 7. The van der Waals surface area contributed by atoms with E-state index in [1.54, 1.807) is 24.3 Å². The van der Waals surface area contributed by atoms with Gasteiger partial charge in [-0.1, -0.05) is 78.5 Å². The number of fused-ring (bicyclic) bond motifs is 1. The van der Waals surface area contributed by atoms with Gasteiger partial charge in [-0.05, 0) is 29.8 Å². The smallest absolute Gasteiger partial charge is 0.253 e. The molecular formula is C25H21N3O2S. The molecule has 0 saturated carbocycles. The summed E-state index contributed by atoms with van der Waals surface area (Å²) < 4.78 is 0. The van der Waals surface area contributed by atoms with E-state index in [4.69, 9.17) is 0 Å². The first-order chi connectivity index (χ1) is 15.2. The predicted octanol–water partition coefficient (Wildman–Crippen LogP) is 4.90. The molecule has 0 aliphatic heterocycles. The fourth-order valence-electron chi connectivity index (χ4n) is 3.12. The van der Waals surface area contributed by atoms with Gasteiger partial charge < -0.3 is 10.6 Å². The SMILES string of the molecule is O=C(CSc1ccc2ccccc2n1)Nc1ccccc1C(=O)NCc1ccccc1. The number of benzene rings is 3. The first kappa shape index (κ1) is 20.6. The molecule has 5 nitrogen and oxygen atoms in total. The van der Waals surface area contributed by atoms with Gasteiger partial charge in [0.1, 0.15) is 0 Å². The summed E-state index contributed by atoms with van der Waals surface area (Å²) in [6.07, 6.45) is 0. The van der Waals surface area contributed by atoms with E-state index in [1.165, 1.54) is 11.8 Å². The van der Waals surface area contributed by atoms with E-state index < -0.39 is 0 Å². The van der Waals surface area contributed by atoms with Gasteiger partial charge in [0.15, 0.2) is 0 Å². The Kier molecular flexibility index (Phi) is 6.59. The van der Waals surface area contributed by atoms with Gasteiger partial charge in [-0.25, -0.2) is 4.98 Å². The number of nitrogens with zero attached hydrogens (tertiary/aromatic N) is 1. The highest BCUT2D eigenvalue weighted by atomic mass is 32.2. The Morgan fingerprint density at radius 1 is 0.806 bits per heavy atom. The molecule has 0 spiro atoms. The molecule has 0 atom stereocenters. The van der Waals surface area contributed by atoms with E-state index in [2.05, 4.69) is 15.6 Å². The summed E-state index contributed by atoms with van der Waals surface area (Å²) in [7, 11) is 0. The number of carbonyl (C=O) groups is 2. The molecule has 31 heavy (non-hydrogen) atoms. The molecule has 2 N–H and O–H groups in total. The minimum absolute atomic E-state index is 0.191. The Hall–Kier alpha value is -3.64. The molecule has 0 bridgehead atoms. The summed E-state index contributed by atoms with van der Waals surface area (Å²) in [5.41, 5.74) is 2.83. The van der Waals surface area contributed by atoms with Gasteiger partial charge >= 0.3 is 0 Å². The Balaban J connectivity index is 1.37. The lowest BCUT2D eigenvalue weighted by atomic mass is 10.1. The molecule has 6 heteroatoms. The summed E-state index contributed by atoms with van der Waals surface area (Å²) in [4.78, 5) is 29.7. The van der Waals surface area contributed by atoms with Gasteiger partial charge in [0.25, 0.3) is 5.91 Å². The van der Waals surface area contributed by atoms with Crippen molar-refractivity contribution in [2.45, 2.75) is 11.6 Å². The summed E-state index contributed by atoms with van der Waals surface area (Å²) >= 11 is 1.36. The molecule has 0 unspecified atom stereocenters. The molecule has 154 valence electrons. The summed E-state index contributed by atoms with van der Waals surface area (Å²) in [5.74, 6) is -0.224. The van der Waals surface area contributed by atoms with Crippen LogP contribution in [0.15, 0.2) is 96.0 Å². The molecule has 4 aromatic rings. The Morgan fingerprint density at radius 3 is 2.42 bits per heavy atom. The zero-order valence-electron chi connectivity index (χ0n) is 16.7. The largest absolute Gasteiger partial charge is 0.348 e. The standard InChI is InChI=1S/C25H21N3O2S/c29-23(17-31-24-15-14-19-10-4-6-12-21(19)28-24)27-22-13-7-5-11-20(22)25(30)26-16-18-8-2-1-3-9-18/h1-15H,16-17H2,(H,26,30)(H,27,29). The molecule has 3 aromatic carbocycles. The number of pyridine rings is 1. The number of thioether (sulfide) groups is 1. The van der Waals surface area contributed by atoms with Crippen LogP contribution in [0, 0.1) is 0 Å². The monoisotopic (exact) mass is 427 g/mol. The van der Waals surface area contributed by atoms with Crippen molar-refractivity contribution < 1.29 is 9.59 Å². The number of anilines is 1. The van der Waals surface area contributed by atoms with Crippen molar-refractivity contribution in [2.75, 3.05) is 11.1 Å². The number of aromatic nitrogens is 1. The van der Waals surface area contributed by atoms with E-state index in [1.807, 2.05) is 66.7 Å². The van der Waals surface area contributed by atoms with Gasteiger partial charge in [0.05, 0.1) is 27.5 Å². The van der Waals surface area contributed by atoms with Crippen molar-refractivity contribution >= 4 is 40.2 Å². The van der Waals surface area contributed by atoms with Crippen LogP contribution in [0.25, 0.3) is 10.9 Å². The van der Waals surface area contributed by atoms with E-state index in [0.717, 1.165) is 21.5 Å². The number of para-hydroxylation sites is 2. The maximum Gasteiger partial charge on any atom is 0.253 e. The summed E-state index contributed by atoms with van der Waals surface area (Å²) in [5, 5.41) is 7.59. The number of amides is 2. The lowest BCUT2D eigenvalue weighted by Gasteiger charge is -2.11. The van der Waals surface area contributed by atoms with Crippen molar-refractivity contribution in [3.63, 3.8) is 0 Å². The fourth-order valence-corrected chi connectivity index (χ4v) is 3.80. The highest BCUT2D eigenvalue weighted by Gasteiger charge is 2.13. The van der Waals surface area contributed by atoms with Crippen molar-refractivity contribution in [1.29, 1.82) is 0 Å². The zero-order valence-corrected chi connectivity index (χ0v) is 17.6. The minimum atomic E-state index is -0.233. The minimum Gasteiger partial charge on any atom is -0.348 e. The second-order valence-electron chi connectivity index (χ2n) is 6.89. The molecule has 0 saturated heterocycles. The average Bonchev–Trinajstić information content (AvgIpc) is 2.82. The lowest BCUT2D eigenvalue weighted by molar-refractivity contribution is -0.113. The molecular weight excluding hydrogens is 406 g/mol. The van der Waals surface area contributed by atoms with Crippen molar-refractivity contribution in [3.05, 3.63) is 102 Å². The second kappa shape index (κ2) is 9.91. The third-order valence-corrected chi connectivity index (χ3v) is 5.60. The van der Waals surface area contributed by atoms with Gasteiger partial charge in [-0.2, -0.15) is 0 Å². The molecule has 0 aliphatic carbocycles. The van der Waals surface area contributed by atoms with Crippen LogP contribution in [0.2, 0.25) is 0 Å². The van der Waals surface area contributed by atoms with Crippen molar-refractivity contribution in [3.8, 4) is 0 Å². The fraction of sp³-hybridized carbons (Fsp3) is 0.0800. The first-order valence-electron chi connectivity index (χ1n) is 9.88. The Morgan fingerprint density at radius 2 is 1.55 bits per heavy atom. The van der Waals surface area contributed by atoms with Crippen molar-refractivity contribution in [2.24, 2.45) is 0 Å². The quantitative estimate of drug-likeness (QED) is 0.412. The number of hydrogen-bond donors (Lipinski definition) is 2. The van der Waals surface area contributed by atoms with E-state index in [0.29, 0.717) is 17.8 Å². The topological polar surface area (TPSA) is 71.1 Å². The third kappa shape index (κ3) is 5.49. The van der Waals surface area contributed by atoms with Crippen LogP contribution in [-0.2, 0) is 11.3 Å².